The molecule has 4 heteroatoms. The largest absolute Gasteiger partial charge is 0.477 e. The minimum Gasteiger partial charge on any atom is -0.477 e. The van der Waals surface area contributed by atoms with Gasteiger partial charge in [0, 0.05) is 0 Å². The van der Waals surface area contributed by atoms with Gasteiger partial charge in [-0.25, -0.2) is 4.98 Å². The van der Waals surface area contributed by atoms with Gasteiger partial charge in [0.2, 0.25) is 11.8 Å². The summed E-state index contributed by atoms with van der Waals surface area (Å²) in [6, 6.07) is 7.77. The molecule has 0 saturated heterocycles. The van der Waals surface area contributed by atoms with E-state index >= 15 is 0 Å². The van der Waals surface area contributed by atoms with Crippen LogP contribution in [0, 0.1) is 0 Å². The summed E-state index contributed by atoms with van der Waals surface area (Å²) in [6.07, 6.45) is 6.08. The minimum atomic E-state index is 0.264. The average molecular weight is 259 g/mol. The molecule has 1 aromatic carbocycles. The second kappa shape index (κ2) is 6.92. The Morgan fingerprint density at radius 1 is 1.05 bits per heavy atom. The van der Waals surface area contributed by atoms with Gasteiger partial charge in [-0.2, -0.15) is 4.98 Å². The zero-order valence-electron chi connectivity index (χ0n) is 11.4. The van der Waals surface area contributed by atoms with Gasteiger partial charge in [-0.1, -0.05) is 44.7 Å². The number of hydrogen-bond donors (Lipinski definition) is 1. The van der Waals surface area contributed by atoms with Crippen molar-refractivity contribution < 1.29 is 4.74 Å². The van der Waals surface area contributed by atoms with E-state index in [1.807, 2.05) is 24.3 Å². The summed E-state index contributed by atoms with van der Waals surface area (Å²) in [5.74, 6) is 0.860. The highest BCUT2D eigenvalue weighted by Gasteiger charge is 2.06. The van der Waals surface area contributed by atoms with Gasteiger partial charge in [0.05, 0.1) is 17.5 Å². The van der Waals surface area contributed by atoms with E-state index < -0.39 is 0 Å². The van der Waals surface area contributed by atoms with Crippen LogP contribution in [0.25, 0.3) is 10.9 Å². The van der Waals surface area contributed by atoms with E-state index in [9.17, 15) is 0 Å². The number of rotatable bonds is 7. The highest BCUT2D eigenvalue weighted by molar-refractivity contribution is 5.84. The number of aromatic nitrogens is 2. The van der Waals surface area contributed by atoms with Crippen LogP contribution in [-0.4, -0.2) is 16.6 Å². The van der Waals surface area contributed by atoms with Gasteiger partial charge in [-0.15, -0.1) is 0 Å². The number of anilines is 1. The van der Waals surface area contributed by atoms with E-state index in [1.165, 1.54) is 25.7 Å². The molecule has 2 aromatic rings. The molecular formula is C15H21N3O. The summed E-state index contributed by atoms with van der Waals surface area (Å²) < 4.78 is 5.75. The molecule has 2 rings (SSSR count). The van der Waals surface area contributed by atoms with Gasteiger partial charge < -0.3 is 10.5 Å². The van der Waals surface area contributed by atoms with Crippen molar-refractivity contribution >= 4 is 16.9 Å². The van der Waals surface area contributed by atoms with Gasteiger partial charge in [0.25, 0.3) is 0 Å². The van der Waals surface area contributed by atoms with Crippen LogP contribution in [0.15, 0.2) is 24.3 Å². The molecule has 0 fully saturated rings. The molecule has 1 aromatic heterocycles. The number of para-hydroxylation sites is 1. The molecule has 1 heterocycles. The Morgan fingerprint density at radius 3 is 2.68 bits per heavy atom. The monoisotopic (exact) mass is 259 g/mol. The third-order valence-electron chi connectivity index (χ3n) is 3.07. The van der Waals surface area contributed by atoms with Gasteiger partial charge >= 0.3 is 0 Å². The van der Waals surface area contributed by atoms with Crippen molar-refractivity contribution in [3.8, 4) is 5.88 Å². The average Bonchev–Trinajstić information content (AvgIpc) is 2.42. The van der Waals surface area contributed by atoms with E-state index in [0.29, 0.717) is 12.5 Å². The first-order valence-electron chi connectivity index (χ1n) is 6.96. The molecule has 0 spiro atoms. The van der Waals surface area contributed by atoms with E-state index in [2.05, 4.69) is 16.9 Å². The summed E-state index contributed by atoms with van der Waals surface area (Å²) in [7, 11) is 0. The molecule has 19 heavy (non-hydrogen) atoms. The normalized spacial score (nSPS) is 10.8. The summed E-state index contributed by atoms with van der Waals surface area (Å²) in [5.41, 5.74) is 6.52. The molecule has 4 nitrogen and oxygen atoms in total. The predicted octanol–water partition coefficient (Wildman–Crippen LogP) is 3.56. The van der Waals surface area contributed by atoms with Gasteiger partial charge in [-0.05, 0) is 18.6 Å². The Morgan fingerprint density at radius 2 is 1.84 bits per heavy atom. The Hall–Kier alpha value is -1.84. The number of fused-ring (bicyclic) bond motifs is 1. The lowest BCUT2D eigenvalue weighted by Gasteiger charge is -2.08. The third kappa shape index (κ3) is 3.81. The van der Waals surface area contributed by atoms with Crippen molar-refractivity contribution in [3.05, 3.63) is 24.3 Å². The number of benzene rings is 1. The fourth-order valence-electron chi connectivity index (χ4n) is 2.05. The van der Waals surface area contributed by atoms with Gasteiger partial charge in [0.15, 0.2) is 0 Å². The zero-order chi connectivity index (χ0) is 13.5. The van der Waals surface area contributed by atoms with Crippen LogP contribution in [0.1, 0.15) is 39.0 Å². The molecule has 0 unspecified atom stereocenters. The summed E-state index contributed by atoms with van der Waals surface area (Å²) in [4.78, 5) is 8.37. The third-order valence-corrected chi connectivity index (χ3v) is 3.07. The molecule has 2 N–H and O–H groups in total. The molecule has 102 valence electrons. The smallest absolute Gasteiger partial charge is 0.226 e. The van der Waals surface area contributed by atoms with Crippen molar-refractivity contribution in [2.75, 3.05) is 12.3 Å². The Balaban J connectivity index is 1.96. The van der Waals surface area contributed by atoms with E-state index in [4.69, 9.17) is 10.5 Å². The molecule has 0 bridgehead atoms. The molecule has 0 aliphatic carbocycles. The standard InChI is InChI=1S/C15H21N3O/c1-2-3-4-5-8-11-19-14-12-9-6-7-10-13(12)17-15(16)18-14/h6-7,9-10H,2-5,8,11H2,1H3,(H2,16,17,18). The number of nitrogen functional groups attached to an aromatic ring is 1. The van der Waals surface area contributed by atoms with Crippen LogP contribution < -0.4 is 10.5 Å². The lowest BCUT2D eigenvalue weighted by molar-refractivity contribution is 0.297. The van der Waals surface area contributed by atoms with Crippen molar-refractivity contribution in [1.29, 1.82) is 0 Å². The molecule has 0 saturated carbocycles. The van der Waals surface area contributed by atoms with Crippen LogP contribution in [0.4, 0.5) is 5.95 Å². The molecule has 0 aliphatic rings. The Labute approximate surface area is 114 Å². The lowest BCUT2D eigenvalue weighted by Crippen LogP contribution is -2.03. The second-order valence-electron chi connectivity index (χ2n) is 4.67. The van der Waals surface area contributed by atoms with E-state index in [-0.39, 0.29) is 5.95 Å². The van der Waals surface area contributed by atoms with Crippen LogP contribution in [0.3, 0.4) is 0 Å². The zero-order valence-corrected chi connectivity index (χ0v) is 11.4. The summed E-state index contributed by atoms with van der Waals surface area (Å²) >= 11 is 0. The first-order valence-corrected chi connectivity index (χ1v) is 6.96. The molecule has 0 amide bonds. The highest BCUT2D eigenvalue weighted by atomic mass is 16.5. The second-order valence-corrected chi connectivity index (χ2v) is 4.67. The van der Waals surface area contributed by atoms with Crippen molar-refractivity contribution in [1.82, 2.24) is 9.97 Å². The fraction of sp³-hybridized carbons (Fsp3) is 0.467. The number of nitrogens with two attached hydrogens (primary N) is 1. The van der Waals surface area contributed by atoms with Crippen molar-refractivity contribution in [2.45, 2.75) is 39.0 Å². The number of nitrogens with zero attached hydrogens (tertiary/aromatic N) is 2. The minimum absolute atomic E-state index is 0.264. The predicted molar refractivity (Wildman–Crippen MR) is 78.2 cm³/mol. The maximum absolute atomic E-state index is 5.75. The summed E-state index contributed by atoms with van der Waals surface area (Å²) in [5, 5.41) is 0.922. The lowest BCUT2D eigenvalue weighted by atomic mass is 10.2. The van der Waals surface area contributed by atoms with Crippen LogP contribution in [0.5, 0.6) is 5.88 Å². The first kappa shape index (κ1) is 13.6. The molecule has 0 atom stereocenters. The fourth-order valence-corrected chi connectivity index (χ4v) is 2.05. The van der Waals surface area contributed by atoms with E-state index in [1.54, 1.807) is 0 Å². The quantitative estimate of drug-likeness (QED) is 0.772. The maximum Gasteiger partial charge on any atom is 0.226 e. The van der Waals surface area contributed by atoms with Crippen molar-refractivity contribution in [3.63, 3.8) is 0 Å². The van der Waals surface area contributed by atoms with Crippen molar-refractivity contribution in [2.24, 2.45) is 0 Å². The number of ether oxygens (including phenoxy) is 1. The number of unbranched alkanes of at least 4 members (excludes halogenated alkanes) is 4. The van der Waals surface area contributed by atoms with Crippen LogP contribution >= 0.6 is 0 Å². The van der Waals surface area contributed by atoms with Gasteiger partial charge in [0.1, 0.15) is 0 Å². The topological polar surface area (TPSA) is 61.0 Å². The molecule has 0 radical (unpaired) electrons. The molecule has 0 aliphatic heterocycles. The van der Waals surface area contributed by atoms with Crippen LogP contribution in [-0.2, 0) is 0 Å². The van der Waals surface area contributed by atoms with Crippen LogP contribution in [0.2, 0.25) is 0 Å². The first-order chi connectivity index (χ1) is 9.31. The highest BCUT2D eigenvalue weighted by Crippen LogP contribution is 2.23. The Bertz CT molecular complexity index is 528. The Kier molecular flexibility index (Phi) is 4.95. The summed E-state index contributed by atoms with van der Waals surface area (Å²) in [6.45, 7) is 2.90. The molecular weight excluding hydrogens is 238 g/mol. The number of hydrogen-bond acceptors (Lipinski definition) is 4. The SMILES string of the molecule is CCCCCCCOc1nc(N)nc2ccccc12. The van der Waals surface area contributed by atoms with Gasteiger partial charge in [-0.3, -0.25) is 0 Å². The van der Waals surface area contributed by atoms with E-state index in [0.717, 1.165) is 17.3 Å². The maximum atomic E-state index is 5.75.